The Kier molecular flexibility index (Phi) is 3.68. The highest BCUT2D eigenvalue weighted by Gasteiger charge is 2.55. The molecule has 24 heavy (non-hydrogen) atoms. The van der Waals surface area contributed by atoms with Gasteiger partial charge in [0.25, 0.3) is 0 Å². The fourth-order valence-corrected chi connectivity index (χ4v) is 4.21. The second-order valence-electron chi connectivity index (χ2n) is 5.37. The molecule has 0 unspecified atom stereocenters. The number of H-pyrrole nitrogens is 1. The average molecular weight is 367 g/mol. The SMILES string of the molecule is CN(C1(c2ccn[nH]2)CC1)S(=O)(=O)c1c(F)c(F)c(F)c(F)c1F. The number of nitrogens with zero attached hydrogens (tertiary/aromatic N) is 2. The van der Waals surface area contributed by atoms with Crippen LogP contribution >= 0.6 is 0 Å². The maximum Gasteiger partial charge on any atom is 0.249 e. The minimum Gasteiger partial charge on any atom is -0.281 e. The molecule has 5 nitrogen and oxygen atoms in total. The van der Waals surface area contributed by atoms with Crippen molar-refractivity contribution in [1.82, 2.24) is 14.5 Å². The van der Waals surface area contributed by atoms with Crippen molar-refractivity contribution in [1.29, 1.82) is 0 Å². The molecule has 0 spiro atoms. The number of sulfonamides is 1. The number of aromatic nitrogens is 2. The van der Waals surface area contributed by atoms with Crippen LogP contribution in [0.1, 0.15) is 18.5 Å². The zero-order chi connectivity index (χ0) is 17.9. The van der Waals surface area contributed by atoms with E-state index in [2.05, 4.69) is 10.2 Å². The molecule has 1 aromatic carbocycles. The first kappa shape index (κ1) is 16.8. The standard InChI is InChI=1S/C13H10F5N3O2S/c1-21(13(3-4-13)6-2-5-19-20-6)24(22,23)12-10(17)8(15)7(14)9(16)11(12)18/h2,5H,3-4H2,1H3,(H,19,20). The summed E-state index contributed by atoms with van der Waals surface area (Å²) < 4.78 is 93.1. The van der Waals surface area contributed by atoms with Crippen molar-refractivity contribution in [3.8, 4) is 0 Å². The summed E-state index contributed by atoms with van der Waals surface area (Å²) in [4.78, 5) is -1.87. The maximum absolute atomic E-state index is 13.9. The van der Waals surface area contributed by atoms with Gasteiger partial charge in [-0.2, -0.15) is 9.40 Å². The van der Waals surface area contributed by atoms with Crippen LogP contribution in [-0.2, 0) is 15.6 Å². The smallest absolute Gasteiger partial charge is 0.249 e. The lowest BCUT2D eigenvalue weighted by Crippen LogP contribution is -2.38. The Balaban J connectivity index is 2.17. The largest absolute Gasteiger partial charge is 0.281 e. The fraction of sp³-hybridized carbons (Fsp3) is 0.308. The molecule has 0 atom stereocenters. The molecule has 1 N–H and O–H groups in total. The van der Waals surface area contributed by atoms with Crippen LogP contribution in [0.25, 0.3) is 0 Å². The minimum atomic E-state index is -4.99. The summed E-state index contributed by atoms with van der Waals surface area (Å²) in [6.07, 6.45) is 1.97. The first-order chi connectivity index (χ1) is 11.1. The van der Waals surface area contributed by atoms with E-state index in [4.69, 9.17) is 0 Å². The molecule has 1 aliphatic carbocycles. The maximum atomic E-state index is 13.9. The Morgan fingerprint density at radius 2 is 1.54 bits per heavy atom. The normalized spacial score (nSPS) is 16.6. The zero-order valence-corrected chi connectivity index (χ0v) is 12.9. The molecule has 0 bridgehead atoms. The fourth-order valence-electron chi connectivity index (χ4n) is 2.57. The molecule has 130 valence electrons. The quantitative estimate of drug-likeness (QED) is 0.513. The summed E-state index contributed by atoms with van der Waals surface area (Å²) in [5.41, 5.74) is -0.798. The van der Waals surface area contributed by atoms with E-state index < -0.39 is 49.5 Å². The van der Waals surface area contributed by atoms with Crippen molar-refractivity contribution in [2.75, 3.05) is 7.05 Å². The molecule has 1 aromatic heterocycles. The lowest BCUT2D eigenvalue weighted by atomic mass is 10.2. The number of hydrogen-bond donors (Lipinski definition) is 1. The third kappa shape index (κ3) is 2.14. The Hall–Kier alpha value is -2.01. The number of benzene rings is 1. The summed E-state index contributed by atoms with van der Waals surface area (Å²) in [5.74, 6) is -11.8. The number of aromatic amines is 1. The molecule has 0 amide bonds. The molecular weight excluding hydrogens is 357 g/mol. The van der Waals surface area contributed by atoms with Crippen molar-refractivity contribution in [3.63, 3.8) is 0 Å². The van der Waals surface area contributed by atoms with Gasteiger partial charge in [-0.1, -0.05) is 0 Å². The molecule has 0 saturated heterocycles. The second-order valence-corrected chi connectivity index (χ2v) is 7.28. The van der Waals surface area contributed by atoms with E-state index in [1.807, 2.05) is 0 Å². The van der Waals surface area contributed by atoms with Gasteiger partial charge in [-0.05, 0) is 18.9 Å². The lowest BCUT2D eigenvalue weighted by molar-refractivity contribution is 0.329. The highest BCUT2D eigenvalue weighted by Crippen LogP contribution is 2.51. The van der Waals surface area contributed by atoms with E-state index in [1.165, 1.54) is 12.3 Å². The molecule has 1 fully saturated rings. The van der Waals surface area contributed by atoms with Crippen LogP contribution in [0.3, 0.4) is 0 Å². The van der Waals surface area contributed by atoms with Crippen molar-refractivity contribution in [2.24, 2.45) is 0 Å². The molecule has 1 heterocycles. The minimum absolute atomic E-state index is 0.306. The van der Waals surface area contributed by atoms with Gasteiger partial charge in [-0.15, -0.1) is 0 Å². The summed E-state index contributed by atoms with van der Waals surface area (Å²) in [5, 5.41) is 6.23. The predicted octanol–water partition coefficient (Wildman–Crippen LogP) is 2.42. The van der Waals surface area contributed by atoms with E-state index in [9.17, 15) is 30.4 Å². The number of nitrogens with one attached hydrogen (secondary N) is 1. The van der Waals surface area contributed by atoms with Gasteiger partial charge in [-0.3, -0.25) is 5.10 Å². The molecule has 11 heteroatoms. The van der Waals surface area contributed by atoms with Gasteiger partial charge in [0.1, 0.15) is 0 Å². The Labute approximate surface area is 133 Å². The summed E-state index contributed by atoms with van der Waals surface area (Å²) in [6.45, 7) is 0. The van der Waals surface area contributed by atoms with Gasteiger partial charge in [0.05, 0.1) is 11.2 Å². The first-order valence-electron chi connectivity index (χ1n) is 6.65. The van der Waals surface area contributed by atoms with Crippen LogP contribution in [0.4, 0.5) is 22.0 Å². The molecule has 0 radical (unpaired) electrons. The highest BCUT2D eigenvalue weighted by atomic mass is 32.2. The van der Waals surface area contributed by atoms with Gasteiger partial charge in [0, 0.05) is 13.2 Å². The monoisotopic (exact) mass is 367 g/mol. The van der Waals surface area contributed by atoms with E-state index in [1.54, 1.807) is 0 Å². The van der Waals surface area contributed by atoms with Crippen LogP contribution in [0.15, 0.2) is 17.2 Å². The van der Waals surface area contributed by atoms with Gasteiger partial charge in [-0.25, -0.2) is 30.4 Å². The third-order valence-corrected chi connectivity index (χ3v) is 6.06. The Morgan fingerprint density at radius 1 is 1.04 bits per heavy atom. The number of rotatable bonds is 4. The van der Waals surface area contributed by atoms with Crippen LogP contribution < -0.4 is 0 Å². The van der Waals surface area contributed by atoms with Gasteiger partial charge in [0.15, 0.2) is 28.2 Å². The Morgan fingerprint density at radius 3 is 1.96 bits per heavy atom. The topological polar surface area (TPSA) is 66.1 Å². The van der Waals surface area contributed by atoms with Crippen molar-refractivity contribution < 1.29 is 30.4 Å². The average Bonchev–Trinajstić information content (AvgIpc) is 3.16. The predicted molar refractivity (Wildman–Crippen MR) is 70.7 cm³/mol. The van der Waals surface area contributed by atoms with E-state index in [-0.39, 0.29) is 0 Å². The molecular formula is C13H10F5N3O2S. The van der Waals surface area contributed by atoms with E-state index in [0.717, 1.165) is 7.05 Å². The molecule has 1 saturated carbocycles. The number of hydrogen-bond acceptors (Lipinski definition) is 3. The lowest BCUT2D eigenvalue weighted by Gasteiger charge is -2.26. The highest BCUT2D eigenvalue weighted by molar-refractivity contribution is 7.89. The van der Waals surface area contributed by atoms with Crippen LogP contribution in [0.5, 0.6) is 0 Å². The molecule has 2 aromatic rings. The van der Waals surface area contributed by atoms with Gasteiger partial charge < -0.3 is 0 Å². The van der Waals surface area contributed by atoms with Crippen molar-refractivity contribution in [2.45, 2.75) is 23.3 Å². The van der Waals surface area contributed by atoms with E-state index in [0.29, 0.717) is 22.8 Å². The first-order valence-corrected chi connectivity index (χ1v) is 8.09. The number of halogens is 5. The molecule has 3 rings (SSSR count). The zero-order valence-electron chi connectivity index (χ0n) is 12.1. The van der Waals surface area contributed by atoms with E-state index >= 15 is 0 Å². The third-order valence-electron chi connectivity index (χ3n) is 4.12. The Bertz CT molecular complexity index is 881. The van der Waals surface area contributed by atoms with Crippen LogP contribution in [0, 0.1) is 29.1 Å². The summed E-state index contributed by atoms with van der Waals surface area (Å²) >= 11 is 0. The second kappa shape index (κ2) is 5.24. The van der Waals surface area contributed by atoms with Crippen LogP contribution in [0.2, 0.25) is 0 Å². The summed E-state index contributed by atoms with van der Waals surface area (Å²) in [7, 11) is -3.98. The van der Waals surface area contributed by atoms with Gasteiger partial charge in [0.2, 0.25) is 15.8 Å². The molecule has 0 aliphatic heterocycles. The summed E-state index contributed by atoms with van der Waals surface area (Å²) in [6, 6.07) is 1.47. The van der Waals surface area contributed by atoms with Crippen molar-refractivity contribution >= 4 is 10.0 Å². The van der Waals surface area contributed by atoms with Crippen molar-refractivity contribution in [3.05, 3.63) is 47.0 Å². The molecule has 1 aliphatic rings. The van der Waals surface area contributed by atoms with Crippen LogP contribution in [-0.4, -0.2) is 30.0 Å². The van der Waals surface area contributed by atoms with Gasteiger partial charge >= 0.3 is 0 Å².